The minimum atomic E-state index is -0.164. The molecule has 0 aliphatic carbocycles. The van der Waals surface area contributed by atoms with Crippen LogP contribution in [0.25, 0.3) is 0 Å². The monoisotopic (exact) mass is 271 g/mol. The summed E-state index contributed by atoms with van der Waals surface area (Å²) in [6, 6.07) is 7.62. The number of halogens is 1. The van der Waals surface area contributed by atoms with Gasteiger partial charge in [0.2, 0.25) is 5.91 Å². The van der Waals surface area contributed by atoms with Crippen molar-refractivity contribution < 1.29 is 9.53 Å². The van der Waals surface area contributed by atoms with Crippen LogP contribution in [0.1, 0.15) is 12.5 Å². The minimum absolute atomic E-state index is 0.0159. The van der Waals surface area contributed by atoms with Gasteiger partial charge in [0.1, 0.15) is 5.75 Å². The molecule has 0 aliphatic rings. The third kappa shape index (κ3) is 3.91. The number of nitrogens with one attached hydrogen (secondary N) is 1. The third-order valence-electron chi connectivity index (χ3n) is 1.96. The largest absolute Gasteiger partial charge is 0.497 e. The zero-order valence-corrected chi connectivity index (χ0v) is 10.4. The highest BCUT2D eigenvalue weighted by atomic mass is 79.9. The predicted octanol–water partition coefficient (Wildman–Crippen LogP) is 2.09. The molecule has 0 spiro atoms. The molecule has 0 saturated heterocycles. The lowest BCUT2D eigenvalue weighted by molar-refractivity contribution is -0.120. The number of alkyl halides is 1. The fourth-order valence-corrected chi connectivity index (χ4v) is 1.27. The van der Waals surface area contributed by atoms with E-state index in [0.717, 1.165) is 11.3 Å². The van der Waals surface area contributed by atoms with Gasteiger partial charge in [0, 0.05) is 6.54 Å². The summed E-state index contributed by atoms with van der Waals surface area (Å²) in [5, 5.41) is 2.81. The van der Waals surface area contributed by atoms with Crippen molar-refractivity contribution in [1.82, 2.24) is 5.32 Å². The molecule has 0 unspecified atom stereocenters. The van der Waals surface area contributed by atoms with E-state index in [0.29, 0.717) is 6.54 Å². The Morgan fingerprint density at radius 1 is 1.60 bits per heavy atom. The molecule has 1 aromatic carbocycles. The van der Waals surface area contributed by atoms with Crippen LogP contribution in [-0.4, -0.2) is 17.8 Å². The highest BCUT2D eigenvalue weighted by Crippen LogP contribution is 2.12. The predicted molar refractivity (Wildman–Crippen MR) is 63.2 cm³/mol. The number of hydrogen-bond donors (Lipinski definition) is 1. The van der Waals surface area contributed by atoms with E-state index >= 15 is 0 Å². The van der Waals surface area contributed by atoms with Crippen molar-refractivity contribution in [3.05, 3.63) is 29.8 Å². The molecule has 1 atom stereocenters. The second-order valence-corrected chi connectivity index (χ2v) is 4.56. The molecule has 82 valence electrons. The van der Waals surface area contributed by atoms with Gasteiger partial charge in [0.15, 0.2) is 0 Å². The van der Waals surface area contributed by atoms with Crippen LogP contribution in [0.4, 0.5) is 0 Å². The molecule has 0 fully saturated rings. The highest BCUT2D eigenvalue weighted by Gasteiger charge is 2.07. The molecule has 3 nitrogen and oxygen atoms in total. The Kier molecular flexibility index (Phi) is 4.62. The average Bonchev–Trinajstić information content (AvgIpc) is 2.26. The van der Waals surface area contributed by atoms with Crippen LogP contribution >= 0.6 is 15.9 Å². The molecule has 15 heavy (non-hydrogen) atoms. The van der Waals surface area contributed by atoms with Crippen LogP contribution < -0.4 is 10.1 Å². The quantitative estimate of drug-likeness (QED) is 0.852. The van der Waals surface area contributed by atoms with Gasteiger partial charge in [0.25, 0.3) is 0 Å². The Morgan fingerprint density at radius 2 is 2.33 bits per heavy atom. The first-order chi connectivity index (χ1) is 7.13. The molecule has 0 bridgehead atoms. The van der Waals surface area contributed by atoms with E-state index < -0.39 is 0 Å². The van der Waals surface area contributed by atoms with Crippen molar-refractivity contribution in [1.29, 1.82) is 0 Å². The number of carbonyl (C=O) groups excluding carboxylic acids is 1. The van der Waals surface area contributed by atoms with Gasteiger partial charge in [0.05, 0.1) is 11.9 Å². The molecule has 4 heteroatoms. The van der Waals surface area contributed by atoms with E-state index in [-0.39, 0.29) is 10.7 Å². The van der Waals surface area contributed by atoms with Crippen LogP contribution in [-0.2, 0) is 11.3 Å². The van der Waals surface area contributed by atoms with Gasteiger partial charge < -0.3 is 10.1 Å². The smallest absolute Gasteiger partial charge is 0.233 e. The maximum absolute atomic E-state index is 11.3. The lowest BCUT2D eigenvalue weighted by Gasteiger charge is -2.07. The first kappa shape index (κ1) is 12.0. The second kappa shape index (κ2) is 5.75. The van der Waals surface area contributed by atoms with Gasteiger partial charge >= 0.3 is 0 Å². The topological polar surface area (TPSA) is 38.3 Å². The average molecular weight is 272 g/mol. The lowest BCUT2D eigenvalue weighted by atomic mass is 10.2. The summed E-state index contributed by atoms with van der Waals surface area (Å²) < 4.78 is 5.09. The summed E-state index contributed by atoms with van der Waals surface area (Å²) >= 11 is 3.20. The molecule has 0 saturated carbocycles. The molecule has 1 N–H and O–H groups in total. The number of hydrogen-bond acceptors (Lipinski definition) is 2. The zero-order valence-electron chi connectivity index (χ0n) is 8.79. The summed E-state index contributed by atoms with van der Waals surface area (Å²) in [7, 11) is 1.62. The molecule has 0 heterocycles. The van der Waals surface area contributed by atoms with Gasteiger partial charge in [-0.25, -0.2) is 0 Å². The lowest BCUT2D eigenvalue weighted by Crippen LogP contribution is -2.28. The fourth-order valence-electron chi connectivity index (χ4n) is 1.11. The van der Waals surface area contributed by atoms with Crippen molar-refractivity contribution >= 4 is 21.8 Å². The van der Waals surface area contributed by atoms with E-state index in [9.17, 15) is 4.79 Å². The number of amides is 1. The van der Waals surface area contributed by atoms with Crippen molar-refractivity contribution in [3.8, 4) is 5.75 Å². The number of ether oxygens (including phenoxy) is 1. The van der Waals surface area contributed by atoms with Gasteiger partial charge in [-0.3, -0.25) is 4.79 Å². The first-order valence-corrected chi connectivity index (χ1v) is 5.59. The van der Waals surface area contributed by atoms with E-state index in [2.05, 4.69) is 21.2 Å². The van der Waals surface area contributed by atoms with Crippen molar-refractivity contribution in [2.24, 2.45) is 0 Å². The fraction of sp³-hybridized carbons (Fsp3) is 0.364. The third-order valence-corrected chi connectivity index (χ3v) is 2.38. The molecular formula is C11H14BrNO2. The maximum atomic E-state index is 11.3. The molecule has 0 aliphatic heterocycles. The second-order valence-electron chi connectivity index (χ2n) is 3.19. The highest BCUT2D eigenvalue weighted by molar-refractivity contribution is 9.10. The summed E-state index contributed by atoms with van der Waals surface area (Å²) in [6.45, 7) is 2.31. The molecule has 0 aromatic heterocycles. The SMILES string of the molecule is COc1cccc(CNC(=O)[C@@H](C)Br)c1. The summed E-state index contributed by atoms with van der Waals surface area (Å²) in [5.41, 5.74) is 1.02. The molecular weight excluding hydrogens is 258 g/mol. The Labute approximate surface area is 97.9 Å². The minimum Gasteiger partial charge on any atom is -0.497 e. The van der Waals surface area contributed by atoms with Crippen LogP contribution in [0, 0.1) is 0 Å². The maximum Gasteiger partial charge on any atom is 0.233 e. The summed E-state index contributed by atoms with van der Waals surface area (Å²) in [6.07, 6.45) is 0. The molecule has 0 radical (unpaired) electrons. The Hall–Kier alpha value is -1.03. The van der Waals surface area contributed by atoms with Crippen LogP contribution in [0.15, 0.2) is 24.3 Å². The van der Waals surface area contributed by atoms with E-state index in [1.54, 1.807) is 14.0 Å². The normalized spacial score (nSPS) is 11.9. The van der Waals surface area contributed by atoms with Gasteiger partial charge in [-0.1, -0.05) is 28.1 Å². The standard InChI is InChI=1S/C11H14BrNO2/c1-8(12)11(14)13-7-9-4-3-5-10(6-9)15-2/h3-6,8H,7H2,1-2H3,(H,13,14)/t8-/m1/s1. The first-order valence-electron chi connectivity index (χ1n) is 4.68. The van der Waals surface area contributed by atoms with Crippen molar-refractivity contribution in [2.45, 2.75) is 18.3 Å². The van der Waals surface area contributed by atoms with Crippen LogP contribution in [0.5, 0.6) is 5.75 Å². The Morgan fingerprint density at radius 3 is 2.93 bits per heavy atom. The molecule has 1 rings (SSSR count). The van der Waals surface area contributed by atoms with Crippen molar-refractivity contribution in [3.63, 3.8) is 0 Å². The molecule has 1 aromatic rings. The Bertz CT molecular complexity index is 339. The van der Waals surface area contributed by atoms with Crippen LogP contribution in [0.3, 0.4) is 0 Å². The van der Waals surface area contributed by atoms with Crippen molar-refractivity contribution in [2.75, 3.05) is 7.11 Å². The summed E-state index contributed by atoms with van der Waals surface area (Å²) in [4.78, 5) is 11.1. The summed E-state index contributed by atoms with van der Waals surface area (Å²) in [5.74, 6) is 0.784. The van der Waals surface area contributed by atoms with E-state index in [1.165, 1.54) is 0 Å². The number of methoxy groups -OCH3 is 1. The van der Waals surface area contributed by atoms with E-state index in [1.807, 2.05) is 24.3 Å². The number of carbonyl (C=O) groups is 1. The zero-order chi connectivity index (χ0) is 11.3. The molecule has 1 amide bonds. The van der Waals surface area contributed by atoms with Gasteiger partial charge in [-0.15, -0.1) is 0 Å². The van der Waals surface area contributed by atoms with Gasteiger partial charge in [-0.05, 0) is 24.6 Å². The number of benzene rings is 1. The number of rotatable bonds is 4. The van der Waals surface area contributed by atoms with Crippen LogP contribution in [0.2, 0.25) is 0 Å². The Balaban J connectivity index is 2.54. The van der Waals surface area contributed by atoms with E-state index in [4.69, 9.17) is 4.74 Å². The van der Waals surface area contributed by atoms with Gasteiger partial charge in [-0.2, -0.15) is 0 Å².